The molecular formula is C22H22N4O3S. The van der Waals surface area contributed by atoms with E-state index in [-0.39, 0.29) is 18.3 Å². The number of carbonyl (C=O) groups excluding carboxylic acids is 1. The minimum absolute atomic E-state index is 0.0918. The molecule has 3 rings (SSSR count). The number of rotatable bonds is 8. The number of hydrogen-bond acceptors (Lipinski definition) is 7. The second kappa shape index (κ2) is 10.4. The van der Waals surface area contributed by atoms with Crippen LogP contribution in [0.5, 0.6) is 11.6 Å². The third kappa shape index (κ3) is 6.05. The first-order valence-electron chi connectivity index (χ1n) is 9.38. The molecule has 0 fully saturated rings. The first-order valence-corrected chi connectivity index (χ1v) is 10.4. The summed E-state index contributed by atoms with van der Waals surface area (Å²) in [5.41, 5.74) is 5.11. The predicted octanol–water partition coefficient (Wildman–Crippen LogP) is 3.82. The van der Waals surface area contributed by atoms with Crippen LogP contribution in [0.4, 0.5) is 0 Å². The summed E-state index contributed by atoms with van der Waals surface area (Å²) in [6.45, 7) is 4.04. The van der Waals surface area contributed by atoms with Gasteiger partial charge in [-0.1, -0.05) is 49.0 Å². The van der Waals surface area contributed by atoms with Gasteiger partial charge in [-0.25, -0.2) is 10.4 Å². The fourth-order valence-corrected chi connectivity index (χ4v) is 3.15. The second-order valence-corrected chi connectivity index (χ2v) is 7.50. The van der Waals surface area contributed by atoms with Crippen LogP contribution in [0.3, 0.4) is 0 Å². The summed E-state index contributed by atoms with van der Waals surface area (Å²) in [6, 6.07) is 17.2. The lowest BCUT2D eigenvalue weighted by molar-refractivity contribution is 0.0954. The molecule has 8 heteroatoms. The van der Waals surface area contributed by atoms with E-state index < -0.39 is 0 Å². The van der Waals surface area contributed by atoms with E-state index in [0.29, 0.717) is 22.3 Å². The smallest absolute Gasteiger partial charge is 0.271 e. The quantitative estimate of drug-likeness (QED) is 0.248. The van der Waals surface area contributed by atoms with Crippen LogP contribution in [-0.2, 0) is 0 Å². The van der Waals surface area contributed by atoms with E-state index in [2.05, 4.69) is 20.5 Å². The maximum Gasteiger partial charge on any atom is 0.271 e. The van der Waals surface area contributed by atoms with Crippen molar-refractivity contribution in [1.29, 1.82) is 0 Å². The van der Waals surface area contributed by atoms with Crippen LogP contribution in [0, 0.1) is 6.92 Å². The third-order valence-electron chi connectivity index (χ3n) is 3.97. The molecule has 2 aromatic carbocycles. The summed E-state index contributed by atoms with van der Waals surface area (Å²) in [5.74, 6) is 1.02. The lowest BCUT2D eigenvalue weighted by atomic mass is 10.1. The molecule has 0 aliphatic heterocycles. The molecule has 0 saturated carbocycles. The van der Waals surface area contributed by atoms with E-state index >= 15 is 0 Å². The Morgan fingerprint density at radius 3 is 2.53 bits per heavy atom. The van der Waals surface area contributed by atoms with Gasteiger partial charge in [0, 0.05) is 22.9 Å². The van der Waals surface area contributed by atoms with Gasteiger partial charge in [-0.3, -0.25) is 4.79 Å². The average Bonchev–Trinajstić information content (AvgIpc) is 2.74. The SMILES string of the molecule is CCSc1nc(C)cc(OC/C(=N/NC(=O)c2ccc(O)cc2)c2ccccc2)n1. The van der Waals surface area contributed by atoms with Crippen molar-refractivity contribution in [2.24, 2.45) is 5.10 Å². The molecule has 0 saturated heterocycles. The van der Waals surface area contributed by atoms with Crippen LogP contribution in [-0.4, -0.2) is 39.1 Å². The number of thioether (sulfide) groups is 1. The largest absolute Gasteiger partial charge is 0.508 e. The third-order valence-corrected chi connectivity index (χ3v) is 4.70. The Bertz CT molecular complexity index is 1020. The number of benzene rings is 2. The molecule has 30 heavy (non-hydrogen) atoms. The van der Waals surface area contributed by atoms with Crippen molar-refractivity contribution in [2.45, 2.75) is 19.0 Å². The number of nitrogens with one attached hydrogen (secondary N) is 1. The first-order chi connectivity index (χ1) is 14.5. The number of phenols is 1. The maximum absolute atomic E-state index is 12.4. The van der Waals surface area contributed by atoms with Crippen molar-refractivity contribution < 1.29 is 14.6 Å². The average molecular weight is 423 g/mol. The highest BCUT2D eigenvalue weighted by Gasteiger charge is 2.10. The molecule has 0 radical (unpaired) electrons. The van der Waals surface area contributed by atoms with Crippen molar-refractivity contribution in [2.75, 3.05) is 12.4 Å². The van der Waals surface area contributed by atoms with E-state index in [9.17, 15) is 9.90 Å². The lowest BCUT2D eigenvalue weighted by Gasteiger charge is -2.10. The molecule has 0 spiro atoms. The van der Waals surface area contributed by atoms with Gasteiger partial charge < -0.3 is 9.84 Å². The van der Waals surface area contributed by atoms with E-state index in [4.69, 9.17) is 4.74 Å². The topological polar surface area (TPSA) is 96.7 Å². The number of phenolic OH excluding ortho intramolecular Hbond substituents is 1. The van der Waals surface area contributed by atoms with E-state index in [0.717, 1.165) is 17.0 Å². The highest BCUT2D eigenvalue weighted by molar-refractivity contribution is 7.99. The van der Waals surface area contributed by atoms with Crippen LogP contribution in [0.25, 0.3) is 0 Å². The van der Waals surface area contributed by atoms with Crippen molar-refractivity contribution >= 4 is 23.4 Å². The van der Waals surface area contributed by atoms with Gasteiger partial charge in [-0.15, -0.1) is 0 Å². The van der Waals surface area contributed by atoms with Gasteiger partial charge in [-0.2, -0.15) is 10.1 Å². The predicted molar refractivity (Wildman–Crippen MR) is 117 cm³/mol. The zero-order valence-corrected chi connectivity index (χ0v) is 17.5. The van der Waals surface area contributed by atoms with Crippen LogP contribution in [0.1, 0.15) is 28.5 Å². The number of hydrazone groups is 1. The van der Waals surface area contributed by atoms with Gasteiger partial charge in [0.15, 0.2) is 5.16 Å². The molecule has 2 N–H and O–H groups in total. The molecule has 0 atom stereocenters. The Balaban J connectivity index is 1.77. The maximum atomic E-state index is 12.4. The summed E-state index contributed by atoms with van der Waals surface area (Å²) >= 11 is 1.54. The lowest BCUT2D eigenvalue weighted by Crippen LogP contribution is -2.23. The Hall–Kier alpha value is -3.39. The zero-order valence-electron chi connectivity index (χ0n) is 16.7. The standard InChI is InChI=1S/C22H22N4O3S/c1-3-30-22-23-15(2)13-20(24-22)29-14-19(16-7-5-4-6-8-16)25-26-21(28)17-9-11-18(27)12-10-17/h4-13,27H,3,14H2,1-2H3,(H,26,28)/b25-19-. The number of hydrogen-bond donors (Lipinski definition) is 2. The Morgan fingerprint density at radius 2 is 1.83 bits per heavy atom. The fraction of sp³-hybridized carbons (Fsp3) is 0.182. The Morgan fingerprint density at radius 1 is 1.10 bits per heavy atom. The van der Waals surface area contributed by atoms with Gasteiger partial charge >= 0.3 is 0 Å². The number of aromatic hydroxyl groups is 1. The minimum atomic E-state index is -0.386. The molecule has 3 aromatic rings. The van der Waals surface area contributed by atoms with Crippen molar-refractivity contribution in [3.05, 3.63) is 77.5 Å². The summed E-state index contributed by atoms with van der Waals surface area (Å²) < 4.78 is 5.86. The number of amides is 1. The molecule has 1 aromatic heterocycles. The zero-order chi connectivity index (χ0) is 21.3. The van der Waals surface area contributed by atoms with Gasteiger partial charge in [0.25, 0.3) is 5.91 Å². The van der Waals surface area contributed by atoms with Gasteiger partial charge in [-0.05, 0) is 36.9 Å². The van der Waals surface area contributed by atoms with E-state index in [1.807, 2.05) is 44.2 Å². The molecule has 7 nitrogen and oxygen atoms in total. The monoisotopic (exact) mass is 422 g/mol. The number of carbonyl (C=O) groups is 1. The van der Waals surface area contributed by atoms with Crippen LogP contribution >= 0.6 is 11.8 Å². The Labute approximate surface area is 179 Å². The van der Waals surface area contributed by atoms with Crippen LogP contribution in [0.2, 0.25) is 0 Å². The minimum Gasteiger partial charge on any atom is -0.508 e. The molecule has 1 heterocycles. The van der Waals surface area contributed by atoms with Crippen molar-refractivity contribution in [1.82, 2.24) is 15.4 Å². The number of nitrogens with zero attached hydrogens (tertiary/aromatic N) is 3. The van der Waals surface area contributed by atoms with Gasteiger partial charge in [0.1, 0.15) is 18.1 Å². The fourth-order valence-electron chi connectivity index (χ4n) is 2.53. The van der Waals surface area contributed by atoms with Crippen LogP contribution < -0.4 is 10.2 Å². The molecule has 0 bridgehead atoms. The van der Waals surface area contributed by atoms with Crippen LogP contribution in [0.15, 0.2) is 70.9 Å². The van der Waals surface area contributed by atoms with Crippen molar-refractivity contribution in [3.8, 4) is 11.6 Å². The normalized spacial score (nSPS) is 11.2. The molecular weight excluding hydrogens is 400 g/mol. The molecule has 0 aliphatic rings. The number of aryl methyl sites for hydroxylation is 1. The summed E-state index contributed by atoms with van der Waals surface area (Å²) in [6.07, 6.45) is 0. The summed E-state index contributed by atoms with van der Waals surface area (Å²) in [7, 11) is 0. The van der Waals surface area contributed by atoms with Crippen molar-refractivity contribution in [3.63, 3.8) is 0 Å². The Kier molecular flexibility index (Phi) is 7.40. The van der Waals surface area contributed by atoms with E-state index in [1.54, 1.807) is 6.07 Å². The molecule has 1 amide bonds. The first kappa shape index (κ1) is 21.3. The molecule has 0 aliphatic carbocycles. The number of ether oxygens (including phenoxy) is 1. The summed E-state index contributed by atoms with van der Waals surface area (Å²) in [5, 5.41) is 14.3. The number of aromatic nitrogens is 2. The molecule has 0 unspecified atom stereocenters. The highest BCUT2D eigenvalue weighted by atomic mass is 32.2. The summed E-state index contributed by atoms with van der Waals surface area (Å²) in [4.78, 5) is 21.1. The highest BCUT2D eigenvalue weighted by Crippen LogP contribution is 2.18. The van der Waals surface area contributed by atoms with E-state index in [1.165, 1.54) is 36.0 Å². The van der Waals surface area contributed by atoms with Gasteiger partial charge in [0.05, 0.1) is 0 Å². The molecule has 154 valence electrons. The van der Waals surface area contributed by atoms with Gasteiger partial charge in [0.2, 0.25) is 5.88 Å². The second-order valence-electron chi connectivity index (χ2n) is 6.26.